The number of aromatic nitrogens is 1. The molecule has 1 aliphatic rings. The lowest BCUT2D eigenvalue weighted by molar-refractivity contribution is 0.291. The molecule has 0 aromatic carbocycles. The topological polar surface area (TPSA) is 22.1 Å². The van der Waals surface area contributed by atoms with Crippen molar-refractivity contribution in [1.82, 2.24) is 4.98 Å². The lowest BCUT2D eigenvalue weighted by atomic mass is 10.2. The van der Waals surface area contributed by atoms with Gasteiger partial charge in [-0.05, 0) is 31.6 Å². The van der Waals surface area contributed by atoms with Crippen LogP contribution in [0.1, 0.15) is 25.5 Å². The lowest BCUT2D eigenvalue weighted by Gasteiger charge is -2.12. The molecule has 1 heterocycles. The molecule has 0 aliphatic heterocycles. The van der Waals surface area contributed by atoms with Crippen LogP contribution in [0.5, 0.6) is 5.75 Å². The zero-order chi connectivity index (χ0) is 9.97. The van der Waals surface area contributed by atoms with Crippen molar-refractivity contribution in [3.05, 3.63) is 18.0 Å². The highest BCUT2D eigenvalue weighted by Gasteiger charge is 2.25. The first-order chi connectivity index (χ1) is 6.85. The summed E-state index contributed by atoms with van der Waals surface area (Å²) >= 11 is 1.73. The normalized spacial score (nSPS) is 15.6. The number of rotatable bonds is 4. The van der Waals surface area contributed by atoms with Crippen LogP contribution in [0.4, 0.5) is 0 Å². The van der Waals surface area contributed by atoms with Crippen LogP contribution in [0.15, 0.2) is 17.2 Å². The van der Waals surface area contributed by atoms with Crippen molar-refractivity contribution < 1.29 is 4.74 Å². The minimum absolute atomic E-state index is 0.454. The molecular formula is C11H15NOS. The molecule has 0 saturated heterocycles. The van der Waals surface area contributed by atoms with Gasteiger partial charge in [0.15, 0.2) is 5.75 Å². The molecule has 0 N–H and O–H groups in total. The van der Waals surface area contributed by atoms with Gasteiger partial charge in [-0.15, -0.1) is 11.8 Å². The van der Waals surface area contributed by atoms with Gasteiger partial charge in [0.2, 0.25) is 0 Å². The third-order valence-electron chi connectivity index (χ3n) is 2.31. The fraction of sp³-hybridized carbons (Fsp3) is 0.545. The van der Waals surface area contributed by atoms with Gasteiger partial charge >= 0.3 is 0 Å². The summed E-state index contributed by atoms with van der Waals surface area (Å²) in [5, 5.41) is 0. The van der Waals surface area contributed by atoms with Crippen molar-refractivity contribution in [2.24, 2.45) is 0 Å². The number of hydrogen-bond donors (Lipinski definition) is 0. The molecule has 2 rings (SSSR count). The summed E-state index contributed by atoms with van der Waals surface area (Å²) in [7, 11) is 0. The molecule has 0 radical (unpaired) electrons. The zero-order valence-corrected chi connectivity index (χ0v) is 9.43. The molecule has 0 amide bonds. The van der Waals surface area contributed by atoms with Crippen LogP contribution in [0.3, 0.4) is 0 Å². The summed E-state index contributed by atoms with van der Waals surface area (Å²) in [5.74, 6) is 1.02. The van der Waals surface area contributed by atoms with Gasteiger partial charge in [-0.2, -0.15) is 0 Å². The molecule has 0 unspecified atom stereocenters. The summed E-state index contributed by atoms with van der Waals surface area (Å²) in [4.78, 5) is 5.56. The van der Waals surface area contributed by atoms with E-state index in [1.54, 1.807) is 11.8 Å². The highest BCUT2D eigenvalue weighted by Crippen LogP contribution is 2.35. The number of pyridine rings is 1. The van der Waals surface area contributed by atoms with E-state index >= 15 is 0 Å². The first kappa shape index (κ1) is 9.84. The SMILES string of the molecule is CCc1nccc(SC)c1OC1CC1. The van der Waals surface area contributed by atoms with Crippen molar-refractivity contribution in [2.45, 2.75) is 37.2 Å². The number of ether oxygens (including phenoxy) is 1. The Labute approximate surface area is 89.1 Å². The fourth-order valence-corrected chi connectivity index (χ4v) is 1.91. The molecule has 1 aliphatic carbocycles. The van der Waals surface area contributed by atoms with Crippen molar-refractivity contribution in [2.75, 3.05) is 6.26 Å². The Morgan fingerprint density at radius 1 is 1.57 bits per heavy atom. The zero-order valence-electron chi connectivity index (χ0n) is 8.62. The maximum absolute atomic E-state index is 5.89. The van der Waals surface area contributed by atoms with E-state index in [0.717, 1.165) is 17.9 Å². The van der Waals surface area contributed by atoms with Gasteiger partial charge < -0.3 is 4.74 Å². The average molecular weight is 209 g/mol. The molecule has 3 heteroatoms. The second-order valence-corrected chi connectivity index (χ2v) is 4.31. The van der Waals surface area contributed by atoms with Gasteiger partial charge in [-0.1, -0.05) is 6.92 Å². The molecule has 76 valence electrons. The summed E-state index contributed by atoms with van der Waals surface area (Å²) in [6.07, 6.45) is 7.74. The molecule has 1 fully saturated rings. The Hall–Kier alpha value is -0.700. The molecular weight excluding hydrogens is 194 g/mol. The second-order valence-electron chi connectivity index (χ2n) is 3.46. The largest absolute Gasteiger partial charge is 0.487 e. The smallest absolute Gasteiger partial charge is 0.154 e. The molecule has 0 spiro atoms. The summed E-state index contributed by atoms with van der Waals surface area (Å²) < 4.78 is 5.89. The summed E-state index contributed by atoms with van der Waals surface area (Å²) in [6.45, 7) is 2.12. The van der Waals surface area contributed by atoms with E-state index in [1.165, 1.54) is 17.7 Å². The number of aryl methyl sites for hydroxylation is 1. The van der Waals surface area contributed by atoms with Crippen LogP contribution in [0, 0.1) is 0 Å². The van der Waals surface area contributed by atoms with E-state index in [2.05, 4.69) is 18.2 Å². The van der Waals surface area contributed by atoms with Gasteiger partial charge in [0, 0.05) is 6.20 Å². The van der Waals surface area contributed by atoms with Crippen LogP contribution in [-0.4, -0.2) is 17.3 Å². The minimum Gasteiger partial charge on any atom is -0.487 e. The highest BCUT2D eigenvalue weighted by atomic mass is 32.2. The highest BCUT2D eigenvalue weighted by molar-refractivity contribution is 7.98. The van der Waals surface area contributed by atoms with Crippen LogP contribution < -0.4 is 4.74 Å². The minimum atomic E-state index is 0.454. The van der Waals surface area contributed by atoms with Gasteiger partial charge in [-0.3, -0.25) is 4.98 Å². The first-order valence-electron chi connectivity index (χ1n) is 5.03. The third kappa shape index (κ3) is 2.03. The van der Waals surface area contributed by atoms with Crippen molar-refractivity contribution >= 4 is 11.8 Å². The molecule has 1 saturated carbocycles. The Morgan fingerprint density at radius 3 is 2.93 bits per heavy atom. The monoisotopic (exact) mass is 209 g/mol. The van der Waals surface area contributed by atoms with E-state index < -0.39 is 0 Å². The average Bonchev–Trinajstić information content (AvgIpc) is 3.02. The predicted molar refractivity (Wildman–Crippen MR) is 59.0 cm³/mol. The van der Waals surface area contributed by atoms with Gasteiger partial charge in [0.05, 0.1) is 16.7 Å². The predicted octanol–water partition coefficient (Wildman–Crippen LogP) is 2.91. The van der Waals surface area contributed by atoms with Crippen LogP contribution in [0.25, 0.3) is 0 Å². The van der Waals surface area contributed by atoms with E-state index in [1.807, 2.05) is 12.3 Å². The van der Waals surface area contributed by atoms with Gasteiger partial charge in [-0.25, -0.2) is 0 Å². The molecule has 0 atom stereocenters. The first-order valence-corrected chi connectivity index (χ1v) is 6.26. The number of thioether (sulfide) groups is 1. The maximum atomic E-state index is 5.89. The molecule has 1 aromatic heterocycles. The van der Waals surface area contributed by atoms with Crippen LogP contribution >= 0.6 is 11.8 Å². The molecule has 2 nitrogen and oxygen atoms in total. The fourth-order valence-electron chi connectivity index (χ4n) is 1.36. The van der Waals surface area contributed by atoms with E-state index in [0.29, 0.717) is 6.10 Å². The summed E-state index contributed by atoms with van der Waals surface area (Å²) in [6, 6.07) is 2.03. The number of hydrogen-bond acceptors (Lipinski definition) is 3. The Balaban J connectivity index is 2.29. The van der Waals surface area contributed by atoms with Crippen molar-refractivity contribution in [3.63, 3.8) is 0 Å². The molecule has 1 aromatic rings. The molecule has 14 heavy (non-hydrogen) atoms. The standard InChI is InChI=1S/C11H15NOS/c1-3-9-11(13-8-4-5-8)10(14-2)6-7-12-9/h6-8H,3-5H2,1-2H3. The van der Waals surface area contributed by atoms with Crippen molar-refractivity contribution in [3.8, 4) is 5.75 Å². The summed E-state index contributed by atoms with van der Waals surface area (Å²) in [5.41, 5.74) is 1.09. The Morgan fingerprint density at radius 2 is 2.36 bits per heavy atom. The van der Waals surface area contributed by atoms with Gasteiger partial charge in [0.1, 0.15) is 0 Å². The van der Waals surface area contributed by atoms with E-state index in [9.17, 15) is 0 Å². The van der Waals surface area contributed by atoms with Crippen LogP contribution in [0.2, 0.25) is 0 Å². The van der Waals surface area contributed by atoms with Gasteiger partial charge in [0.25, 0.3) is 0 Å². The molecule has 0 bridgehead atoms. The third-order valence-corrected chi connectivity index (χ3v) is 3.07. The Bertz CT molecular complexity index is 301. The quantitative estimate of drug-likeness (QED) is 0.712. The van der Waals surface area contributed by atoms with Crippen LogP contribution in [-0.2, 0) is 6.42 Å². The van der Waals surface area contributed by atoms with Crippen molar-refractivity contribution in [1.29, 1.82) is 0 Å². The van der Waals surface area contributed by atoms with E-state index in [-0.39, 0.29) is 0 Å². The van der Waals surface area contributed by atoms with E-state index in [4.69, 9.17) is 4.74 Å². The maximum Gasteiger partial charge on any atom is 0.154 e. The Kier molecular flexibility index (Phi) is 2.96. The second kappa shape index (κ2) is 4.22. The lowest BCUT2D eigenvalue weighted by Crippen LogP contribution is -2.02. The number of nitrogens with zero attached hydrogens (tertiary/aromatic N) is 1.